The van der Waals surface area contributed by atoms with Crippen LogP contribution in [0.4, 0.5) is 0 Å². The first kappa shape index (κ1) is 25.2. The van der Waals surface area contributed by atoms with E-state index in [1.54, 1.807) is 0 Å². The molecule has 2 aliphatic carbocycles. The standard InChI is InChI=1S/C25H49IOSi/c1-23(2,3)16-10-12-19(18-26)20-14-15-21-22(13-11-17-25(20,21)7)27-28(8,9)24(4,5)6/h19-22H,10-18H2,1-9H3/t19-,20?,21?,22-,25+/m0/s1. The minimum absolute atomic E-state index is 0.316. The third-order valence-corrected chi connectivity index (χ3v) is 14.3. The smallest absolute Gasteiger partial charge is 0.192 e. The summed E-state index contributed by atoms with van der Waals surface area (Å²) in [5.74, 6) is 2.62. The molecular formula is C25H49IOSi. The number of hydrogen-bond acceptors (Lipinski definition) is 1. The van der Waals surface area contributed by atoms with E-state index in [1.807, 2.05) is 0 Å². The van der Waals surface area contributed by atoms with Gasteiger partial charge in [-0.1, -0.05) is 83.9 Å². The number of alkyl halides is 1. The summed E-state index contributed by atoms with van der Waals surface area (Å²) in [4.78, 5) is 0. The SMILES string of the molecule is CC(C)(C)CCC[C@@H](CI)C1CCC2[C@@H](O[Si](C)(C)C(C)(C)C)CCC[C@]12C. The van der Waals surface area contributed by atoms with Crippen molar-refractivity contribution in [2.45, 2.75) is 124 Å². The molecule has 5 atom stereocenters. The topological polar surface area (TPSA) is 9.23 Å². The average molecular weight is 521 g/mol. The molecule has 2 saturated carbocycles. The largest absolute Gasteiger partial charge is 0.414 e. The van der Waals surface area contributed by atoms with Crippen LogP contribution < -0.4 is 0 Å². The van der Waals surface area contributed by atoms with E-state index in [-0.39, 0.29) is 0 Å². The van der Waals surface area contributed by atoms with E-state index >= 15 is 0 Å². The summed E-state index contributed by atoms with van der Waals surface area (Å²) in [7, 11) is -1.69. The Kier molecular flexibility index (Phi) is 8.25. The Labute approximate surface area is 191 Å². The zero-order valence-corrected chi connectivity index (χ0v) is 23.6. The normalized spacial score (nSPS) is 33.0. The van der Waals surface area contributed by atoms with E-state index < -0.39 is 8.32 Å². The van der Waals surface area contributed by atoms with E-state index in [1.165, 1.54) is 55.8 Å². The second kappa shape index (κ2) is 9.18. The highest BCUT2D eigenvalue weighted by atomic mass is 127. The molecule has 2 rings (SSSR count). The van der Waals surface area contributed by atoms with Gasteiger partial charge in [0.2, 0.25) is 0 Å². The highest BCUT2D eigenvalue weighted by Crippen LogP contribution is 2.60. The van der Waals surface area contributed by atoms with Crippen LogP contribution in [-0.2, 0) is 4.43 Å². The zero-order valence-electron chi connectivity index (χ0n) is 20.5. The Morgan fingerprint density at radius 3 is 2.25 bits per heavy atom. The molecule has 0 amide bonds. The van der Waals surface area contributed by atoms with Crippen molar-refractivity contribution in [3.05, 3.63) is 0 Å². The van der Waals surface area contributed by atoms with Gasteiger partial charge in [-0.05, 0) is 85.2 Å². The number of rotatable bonds is 7. The lowest BCUT2D eigenvalue weighted by Crippen LogP contribution is -2.50. The van der Waals surface area contributed by atoms with Crippen LogP contribution in [0.25, 0.3) is 0 Å². The number of hydrogen-bond donors (Lipinski definition) is 0. The van der Waals surface area contributed by atoms with Gasteiger partial charge in [0.05, 0.1) is 0 Å². The molecular weight excluding hydrogens is 471 g/mol. The quantitative estimate of drug-likeness (QED) is 0.185. The molecule has 2 aliphatic rings. The Hall–Kier alpha value is 0.907. The molecule has 1 nitrogen and oxygen atoms in total. The lowest BCUT2D eigenvalue weighted by atomic mass is 9.61. The van der Waals surface area contributed by atoms with Gasteiger partial charge in [-0.2, -0.15) is 0 Å². The summed E-state index contributed by atoms with van der Waals surface area (Å²) in [5.41, 5.74) is 0.994. The van der Waals surface area contributed by atoms with Crippen molar-refractivity contribution in [2.24, 2.45) is 28.6 Å². The maximum atomic E-state index is 7.05. The van der Waals surface area contributed by atoms with E-state index in [2.05, 4.69) is 84.2 Å². The summed E-state index contributed by atoms with van der Waals surface area (Å²) in [5, 5.41) is 0.316. The second-order valence-electron chi connectivity index (χ2n) is 13.0. The summed E-state index contributed by atoms with van der Waals surface area (Å²) >= 11 is 2.68. The molecule has 3 heteroatoms. The van der Waals surface area contributed by atoms with E-state index in [0.29, 0.717) is 22.0 Å². The van der Waals surface area contributed by atoms with Gasteiger partial charge in [-0.15, -0.1) is 0 Å². The Bertz CT molecular complexity index is 504. The Morgan fingerprint density at radius 2 is 1.71 bits per heavy atom. The van der Waals surface area contributed by atoms with Crippen molar-refractivity contribution in [2.75, 3.05) is 4.43 Å². The van der Waals surface area contributed by atoms with Crippen molar-refractivity contribution in [3.8, 4) is 0 Å². The van der Waals surface area contributed by atoms with Gasteiger partial charge >= 0.3 is 0 Å². The maximum absolute atomic E-state index is 7.05. The van der Waals surface area contributed by atoms with Crippen molar-refractivity contribution >= 4 is 30.9 Å². The molecule has 0 aliphatic heterocycles. The fraction of sp³-hybridized carbons (Fsp3) is 1.00. The van der Waals surface area contributed by atoms with E-state index in [9.17, 15) is 0 Å². The monoisotopic (exact) mass is 520 g/mol. The minimum atomic E-state index is -1.69. The predicted octanol–water partition coefficient (Wildman–Crippen LogP) is 8.86. The van der Waals surface area contributed by atoms with E-state index in [4.69, 9.17) is 4.43 Å². The Morgan fingerprint density at radius 1 is 1.07 bits per heavy atom. The van der Waals surface area contributed by atoms with Crippen LogP contribution in [0.3, 0.4) is 0 Å². The van der Waals surface area contributed by atoms with Crippen molar-refractivity contribution in [1.82, 2.24) is 0 Å². The lowest BCUT2D eigenvalue weighted by molar-refractivity contribution is -0.0206. The predicted molar refractivity (Wildman–Crippen MR) is 136 cm³/mol. The average Bonchev–Trinajstić information content (AvgIpc) is 2.87. The minimum Gasteiger partial charge on any atom is -0.414 e. The second-order valence-corrected chi connectivity index (χ2v) is 18.6. The van der Waals surface area contributed by atoms with Crippen LogP contribution in [0.1, 0.15) is 99.8 Å². The zero-order chi connectivity index (χ0) is 21.4. The third-order valence-electron chi connectivity index (χ3n) is 8.66. The molecule has 2 fully saturated rings. The summed E-state index contributed by atoms with van der Waals surface area (Å²) in [6.07, 6.45) is 11.7. The highest BCUT2D eigenvalue weighted by Gasteiger charge is 2.54. The van der Waals surface area contributed by atoms with Crippen molar-refractivity contribution < 1.29 is 4.43 Å². The lowest BCUT2D eigenvalue weighted by Gasteiger charge is -2.50. The molecule has 0 aromatic rings. The molecule has 0 spiro atoms. The molecule has 0 N–H and O–H groups in total. The molecule has 0 saturated heterocycles. The van der Waals surface area contributed by atoms with Gasteiger partial charge in [0.25, 0.3) is 0 Å². The van der Waals surface area contributed by atoms with Crippen LogP contribution in [0.15, 0.2) is 0 Å². The van der Waals surface area contributed by atoms with E-state index in [0.717, 1.165) is 17.8 Å². The summed E-state index contributed by atoms with van der Waals surface area (Å²) in [6.45, 7) is 21.9. The fourth-order valence-corrected chi connectivity index (χ4v) is 8.36. The third kappa shape index (κ3) is 5.78. The molecule has 0 heterocycles. The van der Waals surface area contributed by atoms with Gasteiger partial charge in [0.1, 0.15) is 0 Å². The highest BCUT2D eigenvalue weighted by molar-refractivity contribution is 14.1. The maximum Gasteiger partial charge on any atom is 0.192 e. The summed E-state index contributed by atoms with van der Waals surface area (Å²) < 4.78 is 8.38. The van der Waals surface area contributed by atoms with Gasteiger partial charge in [-0.25, -0.2) is 0 Å². The molecule has 166 valence electrons. The molecule has 28 heavy (non-hydrogen) atoms. The van der Waals surface area contributed by atoms with Gasteiger partial charge < -0.3 is 4.43 Å². The van der Waals surface area contributed by atoms with Crippen LogP contribution in [-0.4, -0.2) is 18.8 Å². The first-order valence-corrected chi connectivity index (χ1v) is 16.4. The van der Waals surface area contributed by atoms with Gasteiger partial charge in [0.15, 0.2) is 8.32 Å². The van der Waals surface area contributed by atoms with Crippen LogP contribution in [0.5, 0.6) is 0 Å². The molecule has 2 unspecified atom stereocenters. The first-order valence-electron chi connectivity index (χ1n) is 11.9. The molecule has 0 bridgehead atoms. The number of fused-ring (bicyclic) bond motifs is 1. The van der Waals surface area contributed by atoms with Gasteiger partial charge in [0, 0.05) is 10.5 Å². The molecule has 0 aromatic heterocycles. The summed E-state index contributed by atoms with van der Waals surface area (Å²) in [6, 6.07) is 0. The van der Waals surface area contributed by atoms with Crippen LogP contribution >= 0.6 is 22.6 Å². The molecule has 0 aromatic carbocycles. The first-order chi connectivity index (χ1) is 12.7. The van der Waals surface area contributed by atoms with Crippen LogP contribution in [0.2, 0.25) is 18.1 Å². The fourth-order valence-electron chi connectivity index (χ4n) is 5.91. The van der Waals surface area contributed by atoms with Crippen LogP contribution in [0, 0.1) is 28.6 Å². The number of halogens is 1. The molecule has 0 radical (unpaired) electrons. The van der Waals surface area contributed by atoms with Crippen molar-refractivity contribution in [1.29, 1.82) is 0 Å². The van der Waals surface area contributed by atoms with Crippen molar-refractivity contribution in [3.63, 3.8) is 0 Å². The van der Waals surface area contributed by atoms with Gasteiger partial charge in [-0.3, -0.25) is 0 Å². The Balaban J connectivity index is 2.09.